The number of rotatable bonds is 5. The van der Waals surface area contributed by atoms with Gasteiger partial charge in [0, 0.05) is 24.3 Å². The first-order valence-electron chi connectivity index (χ1n) is 9.28. The van der Waals surface area contributed by atoms with Gasteiger partial charge in [0.05, 0.1) is 5.92 Å². The number of pyridine rings is 1. The van der Waals surface area contributed by atoms with Gasteiger partial charge in [0.25, 0.3) is 5.91 Å². The van der Waals surface area contributed by atoms with E-state index in [1.54, 1.807) is 6.07 Å². The molecule has 1 fully saturated rings. The Kier molecular flexibility index (Phi) is 5.86. The lowest BCUT2D eigenvalue weighted by atomic mass is 9.97. The number of primary amides is 1. The van der Waals surface area contributed by atoms with Crippen LogP contribution in [0.4, 0.5) is 5.82 Å². The van der Waals surface area contributed by atoms with E-state index in [0.29, 0.717) is 24.5 Å². The van der Waals surface area contributed by atoms with Gasteiger partial charge < -0.3 is 11.1 Å². The third kappa shape index (κ3) is 5.14. The first kappa shape index (κ1) is 19.0. The highest BCUT2D eigenvalue weighted by atomic mass is 16.2. The Morgan fingerprint density at radius 3 is 2.81 bits per heavy atom. The summed E-state index contributed by atoms with van der Waals surface area (Å²) in [5, 5.41) is 2.87. The van der Waals surface area contributed by atoms with Gasteiger partial charge in [0.1, 0.15) is 5.82 Å². The van der Waals surface area contributed by atoms with Crippen LogP contribution >= 0.6 is 0 Å². The minimum atomic E-state index is -0.228. The molecule has 6 heteroatoms. The molecule has 1 unspecified atom stereocenters. The summed E-state index contributed by atoms with van der Waals surface area (Å²) in [5.41, 5.74) is 9.02. The predicted molar refractivity (Wildman–Crippen MR) is 105 cm³/mol. The summed E-state index contributed by atoms with van der Waals surface area (Å²) in [5.74, 6) is 0.0703. The maximum absolute atomic E-state index is 12.6. The molecule has 2 amide bonds. The number of nitrogens with two attached hydrogens (primary N) is 1. The van der Waals surface area contributed by atoms with Crippen LogP contribution in [0, 0.1) is 19.8 Å². The van der Waals surface area contributed by atoms with E-state index in [-0.39, 0.29) is 17.7 Å². The average Bonchev–Trinajstić information content (AvgIpc) is 2.61. The molecular weight excluding hydrogens is 340 g/mol. The number of carbonyl (C=O) groups is 2. The average molecular weight is 366 g/mol. The second kappa shape index (κ2) is 8.31. The fourth-order valence-corrected chi connectivity index (χ4v) is 3.59. The van der Waals surface area contributed by atoms with Crippen LogP contribution < -0.4 is 11.1 Å². The summed E-state index contributed by atoms with van der Waals surface area (Å²) in [4.78, 5) is 30.6. The number of amides is 2. The van der Waals surface area contributed by atoms with E-state index in [9.17, 15) is 9.59 Å². The van der Waals surface area contributed by atoms with Gasteiger partial charge in [-0.15, -0.1) is 0 Å². The van der Waals surface area contributed by atoms with Crippen molar-refractivity contribution in [2.45, 2.75) is 33.2 Å². The van der Waals surface area contributed by atoms with Crippen molar-refractivity contribution in [2.24, 2.45) is 11.7 Å². The van der Waals surface area contributed by atoms with Crippen molar-refractivity contribution in [3.05, 3.63) is 58.8 Å². The topological polar surface area (TPSA) is 88.3 Å². The van der Waals surface area contributed by atoms with Crippen molar-refractivity contribution in [1.29, 1.82) is 0 Å². The van der Waals surface area contributed by atoms with Gasteiger partial charge >= 0.3 is 0 Å². The molecule has 0 spiro atoms. The van der Waals surface area contributed by atoms with Gasteiger partial charge in [-0.3, -0.25) is 14.5 Å². The first-order chi connectivity index (χ1) is 12.9. The second-order valence-corrected chi connectivity index (χ2v) is 7.30. The van der Waals surface area contributed by atoms with E-state index >= 15 is 0 Å². The number of hydrogen-bond donors (Lipinski definition) is 2. The zero-order valence-corrected chi connectivity index (χ0v) is 15.9. The maximum atomic E-state index is 12.6. The Labute approximate surface area is 159 Å². The van der Waals surface area contributed by atoms with Crippen molar-refractivity contribution >= 4 is 17.6 Å². The van der Waals surface area contributed by atoms with E-state index in [4.69, 9.17) is 5.73 Å². The molecule has 3 N–H and O–H groups in total. The molecule has 1 aromatic carbocycles. The number of nitrogens with zero attached hydrogens (tertiary/aromatic N) is 2. The minimum absolute atomic E-state index is 0.0825. The highest BCUT2D eigenvalue weighted by Crippen LogP contribution is 2.19. The molecule has 1 aliphatic rings. The van der Waals surface area contributed by atoms with Crippen molar-refractivity contribution in [2.75, 3.05) is 18.4 Å². The van der Waals surface area contributed by atoms with E-state index in [0.717, 1.165) is 36.2 Å². The van der Waals surface area contributed by atoms with Gasteiger partial charge in [0.15, 0.2) is 0 Å². The summed E-state index contributed by atoms with van der Waals surface area (Å²) in [7, 11) is 0. The maximum Gasteiger partial charge on any atom is 0.256 e. The van der Waals surface area contributed by atoms with Crippen molar-refractivity contribution in [3.8, 4) is 0 Å². The predicted octanol–water partition coefficient (Wildman–Crippen LogP) is 2.65. The lowest BCUT2D eigenvalue weighted by Crippen LogP contribution is -2.40. The molecule has 27 heavy (non-hydrogen) atoms. The lowest BCUT2D eigenvalue weighted by molar-refractivity contribution is -0.123. The lowest BCUT2D eigenvalue weighted by Gasteiger charge is -2.31. The molecule has 3 rings (SSSR count). The van der Waals surface area contributed by atoms with Crippen LogP contribution in [0.5, 0.6) is 0 Å². The number of piperidine rings is 1. The third-order valence-electron chi connectivity index (χ3n) is 4.84. The number of likely N-dealkylation sites (tertiary alicyclic amines) is 1. The van der Waals surface area contributed by atoms with Crippen LogP contribution in [0.2, 0.25) is 0 Å². The smallest absolute Gasteiger partial charge is 0.256 e. The standard InChI is InChI=1S/C21H26N4O2/c1-14-9-15(2)23-19(10-14)24-21(27)17-6-3-5-16(11-17)12-25-8-4-7-18(13-25)20(22)26/h3,5-6,9-11,18H,4,7-8,12-13H2,1-2H3,(H2,22,26)(H,23,24,27). The summed E-state index contributed by atoms with van der Waals surface area (Å²) in [6.45, 7) is 6.20. The van der Waals surface area contributed by atoms with E-state index in [1.807, 2.05) is 44.2 Å². The molecule has 0 bridgehead atoms. The van der Waals surface area contributed by atoms with E-state index in [2.05, 4.69) is 15.2 Å². The van der Waals surface area contributed by atoms with Crippen LogP contribution in [-0.4, -0.2) is 34.8 Å². The van der Waals surface area contributed by atoms with Crippen molar-refractivity contribution in [3.63, 3.8) is 0 Å². The third-order valence-corrected chi connectivity index (χ3v) is 4.84. The Morgan fingerprint density at radius 1 is 1.26 bits per heavy atom. The largest absolute Gasteiger partial charge is 0.369 e. The van der Waals surface area contributed by atoms with E-state index < -0.39 is 0 Å². The number of aromatic nitrogens is 1. The fraction of sp³-hybridized carbons (Fsp3) is 0.381. The minimum Gasteiger partial charge on any atom is -0.369 e. The molecule has 1 aliphatic heterocycles. The number of benzene rings is 1. The molecule has 1 atom stereocenters. The van der Waals surface area contributed by atoms with Crippen LogP contribution in [0.25, 0.3) is 0 Å². The second-order valence-electron chi connectivity index (χ2n) is 7.30. The summed E-state index contributed by atoms with van der Waals surface area (Å²) >= 11 is 0. The van der Waals surface area contributed by atoms with Gasteiger partial charge in [-0.05, 0) is 68.6 Å². The number of carbonyl (C=O) groups excluding carboxylic acids is 2. The van der Waals surface area contributed by atoms with Crippen molar-refractivity contribution < 1.29 is 9.59 Å². The number of hydrogen-bond acceptors (Lipinski definition) is 4. The van der Waals surface area contributed by atoms with Crippen LogP contribution in [0.1, 0.15) is 40.0 Å². The quantitative estimate of drug-likeness (QED) is 0.851. The van der Waals surface area contributed by atoms with Crippen LogP contribution in [-0.2, 0) is 11.3 Å². The van der Waals surface area contributed by atoms with Crippen LogP contribution in [0.15, 0.2) is 36.4 Å². The Morgan fingerprint density at radius 2 is 2.07 bits per heavy atom. The molecule has 0 saturated carbocycles. The molecule has 1 saturated heterocycles. The fourth-order valence-electron chi connectivity index (χ4n) is 3.59. The van der Waals surface area contributed by atoms with E-state index in [1.165, 1.54) is 0 Å². The molecule has 142 valence electrons. The first-order valence-corrected chi connectivity index (χ1v) is 9.28. The van der Waals surface area contributed by atoms with Gasteiger partial charge in [0.2, 0.25) is 5.91 Å². The summed E-state index contributed by atoms with van der Waals surface area (Å²) in [6.07, 6.45) is 1.82. The van der Waals surface area contributed by atoms with Gasteiger partial charge in [-0.25, -0.2) is 4.98 Å². The van der Waals surface area contributed by atoms with Crippen LogP contribution in [0.3, 0.4) is 0 Å². The van der Waals surface area contributed by atoms with Gasteiger partial charge in [-0.2, -0.15) is 0 Å². The molecule has 0 radical (unpaired) electrons. The Bertz CT molecular complexity index is 830. The monoisotopic (exact) mass is 366 g/mol. The molecule has 0 aliphatic carbocycles. The highest BCUT2D eigenvalue weighted by Gasteiger charge is 2.24. The molecule has 2 heterocycles. The molecular formula is C21H26N4O2. The zero-order chi connectivity index (χ0) is 19.4. The highest BCUT2D eigenvalue weighted by molar-refractivity contribution is 6.03. The summed E-state index contributed by atoms with van der Waals surface area (Å²) < 4.78 is 0. The Hall–Kier alpha value is -2.73. The molecule has 1 aromatic heterocycles. The number of anilines is 1. The Balaban J connectivity index is 1.67. The molecule has 6 nitrogen and oxygen atoms in total. The van der Waals surface area contributed by atoms with Gasteiger partial charge in [-0.1, -0.05) is 12.1 Å². The number of aryl methyl sites for hydroxylation is 2. The summed E-state index contributed by atoms with van der Waals surface area (Å²) in [6, 6.07) is 11.4. The normalized spacial score (nSPS) is 17.5. The zero-order valence-electron chi connectivity index (χ0n) is 15.9. The number of nitrogens with one attached hydrogen (secondary N) is 1. The van der Waals surface area contributed by atoms with Crippen molar-refractivity contribution in [1.82, 2.24) is 9.88 Å². The SMILES string of the molecule is Cc1cc(C)nc(NC(=O)c2cccc(CN3CCCC(C(N)=O)C3)c2)c1. The molecule has 2 aromatic rings.